The second-order valence-electron chi connectivity index (χ2n) is 5.11. The summed E-state index contributed by atoms with van der Waals surface area (Å²) in [5.41, 5.74) is 1.29. The Morgan fingerprint density at radius 2 is 2.00 bits per heavy atom. The van der Waals surface area contributed by atoms with Crippen LogP contribution in [-0.2, 0) is 0 Å². The number of rotatable bonds is 2. The Bertz CT molecular complexity index is 564. The van der Waals surface area contributed by atoms with Crippen LogP contribution in [0.2, 0.25) is 0 Å². The molecule has 0 spiro atoms. The van der Waals surface area contributed by atoms with Gasteiger partial charge in [-0.05, 0) is 24.3 Å². The van der Waals surface area contributed by atoms with Crippen LogP contribution in [0.5, 0.6) is 5.75 Å². The van der Waals surface area contributed by atoms with Gasteiger partial charge in [-0.15, -0.1) is 0 Å². The predicted molar refractivity (Wildman–Crippen MR) is 75.0 cm³/mol. The zero-order valence-electron chi connectivity index (χ0n) is 10.9. The van der Waals surface area contributed by atoms with Crippen LogP contribution in [0.4, 0.5) is 0 Å². The molecule has 1 aliphatic heterocycles. The van der Waals surface area contributed by atoms with E-state index in [1.807, 2.05) is 0 Å². The first-order valence-corrected chi connectivity index (χ1v) is 6.60. The zero-order chi connectivity index (χ0) is 12.5. The second kappa shape index (κ2) is 4.62. The van der Waals surface area contributed by atoms with Crippen molar-refractivity contribution in [1.29, 1.82) is 0 Å². The fraction of sp³-hybridized carbons (Fsp3) is 0.375. The van der Waals surface area contributed by atoms with E-state index in [1.165, 1.54) is 22.8 Å². The molecule has 2 heteroatoms. The average Bonchev–Trinajstić information content (AvgIpc) is 2.83. The molecule has 0 aromatic heterocycles. The molecule has 2 unspecified atom stereocenters. The largest absolute Gasteiger partial charge is 0.496 e. The van der Waals surface area contributed by atoms with Gasteiger partial charge >= 0.3 is 0 Å². The Balaban J connectivity index is 2.17. The van der Waals surface area contributed by atoms with Crippen molar-refractivity contribution in [3.8, 4) is 5.75 Å². The molecule has 1 aliphatic rings. The highest BCUT2D eigenvalue weighted by molar-refractivity contribution is 5.89. The molecule has 0 radical (unpaired) electrons. The smallest absolute Gasteiger partial charge is 0.131 e. The lowest BCUT2D eigenvalue weighted by Crippen LogP contribution is -2.17. The van der Waals surface area contributed by atoms with E-state index >= 15 is 0 Å². The van der Waals surface area contributed by atoms with Crippen LogP contribution in [0, 0.1) is 5.92 Å². The van der Waals surface area contributed by atoms with Crippen LogP contribution < -0.4 is 10.1 Å². The topological polar surface area (TPSA) is 21.3 Å². The standard InChI is InChI=1S/C16H19NO/c1-11-9-10-17-15(11)14-8-7-12-5-3-4-6-13(12)16(14)18-2/h3-8,11,15,17H,9-10H2,1-2H3. The fourth-order valence-corrected chi connectivity index (χ4v) is 2.98. The van der Waals surface area contributed by atoms with E-state index in [4.69, 9.17) is 4.74 Å². The molecule has 18 heavy (non-hydrogen) atoms. The molecule has 2 aromatic rings. The number of hydrogen-bond donors (Lipinski definition) is 1. The molecule has 1 heterocycles. The van der Waals surface area contributed by atoms with Crippen molar-refractivity contribution in [2.75, 3.05) is 13.7 Å². The van der Waals surface area contributed by atoms with Crippen LogP contribution >= 0.6 is 0 Å². The van der Waals surface area contributed by atoms with Crippen molar-refractivity contribution in [3.63, 3.8) is 0 Å². The molecule has 0 bridgehead atoms. The summed E-state index contributed by atoms with van der Waals surface area (Å²) < 4.78 is 5.68. The number of methoxy groups -OCH3 is 1. The summed E-state index contributed by atoms with van der Waals surface area (Å²) in [5.74, 6) is 1.69. The summed E-state index contributed by atoms with van der Waals surface area (Å²) in [6.07, 6.45) is 1.24. The summed E-state index contributed by atoms with van der Waals surface area (Å²) in [5, 5.41) is 6.03. The summed E-state index contributed by atoms with van der Waals surface area (Å²) in [7, 11) is 1.77. The van der Waals surface area contributed by atoms with Crippen molar-refractivity contribution in [3.05, 3.63) is 42.0 Å². The van der Waals surface area contributed by atoms with Gasteiger partial charge in [0.15, 0.2) is 0 Å². The molecule has 2 atom stereocenters. The van der Waals surface area contributed by atoms with Gasteiger partial charge in [-0.25, -0.2) is 0 Å². The van der Waals surface area contributed by atoms with E-state index < -0.39 is 0 Å². The number of fused-ring (bicyclic) bond motifs is 1. The first-order chi connectivity index (χ1) is 8.81. The fourth-order valence-electron chi connectivity index (χ4n) is 2.98. The maximum absolute atomic E-state index is 5.68. The van der Waals surface area contributed by atoms with Gasteiger partial charge in [-0.3, -0.25) is 0 Å². The molecule has 0 amide bonds. The molecule has 2 aromatic carbocycles. The Morgan fingerprint density at radius 1 is 1.17 bits per heavy atom. The highest BCUT2D eigenvalue weighted by Gasteiger charge is 2.27. The van der Waals surface area contributed by atoms with Crippen LogP contribution in [0.15, 0.2) is 36.4 Å². The zero-order valence-corrected chi connectivity index (χ0v) is 10.9. The quantitative estimate of drug-likeness (QED) is 0.868. The number of benzene rings is 2. The first kappa shape index (κ1) is 11.5. The Kier molecular flexibility index (Phi) is 2.96. The van der Waals surface area contributed by atoms with E-state index in [-0.39, 0.29) is 0 Å². The molecule has 1 saturated heterocycles. The van der Waals surface area contributed by atoms with E-state index in [2.05, 4.69) is 48.6 Å². The molecule has 0 saturated carbocycles. The van der Waals surface area contributed by atoms with Crippen LogP contribution in [0.25, 0.3) is 10.8 Å². The first-order valence-electron chi connectivity index (χ1n) is 6.60. The molecule has 1 fully saturated rings. The van der Waals surface area contributed by atoms with E-state index in [0.29, 0.717) is 12.0 Å². The number of ether oxygens (including phenoxy) is 1. The summed E-state index contributed by atoms with van der Waals surface area (Å²) >= 11 is 0. The van der Waals surface area contributed by atoms with Gasteiger partial charge < -0.3 is 10.1 Å². The van der Waals surface area contributed by atoms with Gasteiger partial charge in [-0.2, -0.15) is 0 Å². The third-order valence-corrected chi connectivity index (χ3v) is 3.98. The van der Waals surface area contributed by atoms with E-state index in [0.717, 1.165) is 12.3 Å². The third kappa shape index (κ3) is 1.77. The predicted octanol–water partition coefficient (Wildman–Crippen LogP) is 3.52. The summed E-state index contributed by atoms with van der Waals surface area (Å²) in [6.45, 7) is 3.40. The molecule has 1 N–H and O–H groups in total. The minimum Gasteiger partial charge on any atom is -0.496 e. The maximum atomic E-state index is 5.68. The van der Waals surface area contributed by atoms with Gasteiger partial charge in [-0.1, -0.05) is 43.3 Å². The average molecular weight is 241 g/mol. The van der Waals surface area contributed by atoms with E-state index in [1.54, 1.807) is 7.11 Å². The van der Waals surface area contributed by atoms with Gasteiger partial charge in [0, 0.05) is 17.0 Å². The monoisotopic (exact) mass is 241 g/mol. The van der Waals surface area contributed by atoms with E-state index in [9.17, 15) is 0 Å². The third-order valence-electron chi connectivity index (χ3n) is 3.98. The van der Waals surface area contributed by atoms with Gasteiger partial charge in [0.1, 0.15) is 5.75 Å². The summed E-state index contributed by atoms with van der Waals surface area (Å²) in [4.78, 5) is 0. The minimum absolute atomic E-state index is 0.421. The van der Waals surface area contributed by atoms with Gasteiger partial charge in [0.05, 0.1) is 7.11 Å². The highest BCUT2D eigenvalue weighted by Crippen LogP contribution is 2.38. The van der Waals surface area contributed by atoms with Crippen molar-refractivity contribution >= 4 is 10.8 Å². The molecular weight excluding hydrogens is 222 g/mol. The number of nitrogens with one attached hydrogen (secondary N) is 1. The second-order valence-corrected chi connectivity index (χ2v) is 5.11. The molecule has 94 valence electrons. The molecule has 3 rings (SSSR count). The SMILES string of the molecule is COc1c(C2NCCC2C)ccc2ccccc12. The molecule has 0 aliphatic carbocycles. The Hall–Kier alpha value is -1.54. The minimum atomic E-state index is 0.421. The summed E-state index contributed by atoms with van der Waals surface area (Å²) in [6, 6.07) is 13.2. The van der Waals surface area contributed by atoms with Crippen LogP contribution in [0.3, 0.4) is 0 Å². The van der Waals surface area contributed by atoms with Crippen molar-refractivity contribution < 1.29 is 4.74 Å². The Morgan fingerprint density at radius 3 is 2.72 bits per heavy atom. The van der Waals surface area contributed by atoms with Crippen molar-refractivity contribution in [1.82, 2.24) is 5.32 Å². The lowest BCUT2D eigenvalue weighted by molar-refractivity contribution is 0.399. The van der Waals surface area contributed by atoms with Crippen LogP contribution in [-0.4, -0.2) is 13.7 Å². The highest BCUT2D eigenvalue weighted by atomic mass is 16.5. The van der Waals surface area contributed by atoms with Gasteiger partial charge in [0.2, 0.25) is 0 Å². The normalized spacial score (nSPS) is 23.4. The van der Waals surface area contributed by atoms with Crippen molar-refractivity contribution in [2.45, 2.75) is 19.4 Å². The lowest BCUT2D eigenvalue weighted by Gasteiger charge is -2.20. The van der Waals surface area contributed by atoms with Gasteiger partial charge in [0.25, 0.3) is 0 Å². The number of hydrogen-bond acceptors (Lipinski definition) is 2. The molecular formula is C16H19NO. The van der Waals surface area contributed by atoms with Crippen molar-refractivity contribution in [2.24, 2.45) is 5.92 Å². The van der Waals surface area contributed by atoms with Crippen LogP contribution in [0.1, 0.15) is 24.9 Å². The maximum Gasteiger partial charge on any atom is 0.131 e. The lowest BCUT2D eigenvalue weighted by atomic mass is 9.93. The molecule has 2 nitrogen and oxygen atoms in total. The Labute approximate surface area is 108 Å².